The van der Waals surface area contributed by atoms with Crippen LogP contribution in [0, 0.1) is 6.92 Å². The Hall–Kier alpha value is -1.69. The third-order valence-corrected chi connectivity index (χ3v) is 4.90. The second kappa shape index (κ2) is 7.47. The van der Waals surface area contributed by atoms with E-state index in [2.05, 4.69) is 29.0 Å². The van der Waals surface area contributed by atoms with Gasteiger partial charge in [-0.1, -0.05) is 20.3 Å². The first-order valence-electron chi connectivity index (χ1n) is 9.17. The standard InChI is InChI=1S/C18H29N5O/c1-13(2)17-20-14(3)12-16(21-17)22-8-10-23(11-9-22)18(24)15-6-4-5-7-19-15/h12-13,15,19H,4-11H2,1-3H3. The molecule has 1 atom stereocenters. The van der Waals surface area contributed by atoms with Crippen LogP contribution in [-0.2, 0) is 4.79 Å². The summed E-state index contributed by atoms with van der Waals surface area (Å²) in [7, 11) is 0. The molecule has 0 aromatic carbocycles. The molecule has 0 bridgehead atoms. The number of carbonyl (C=O) groups is 1. The summed E-state index contributed by atoms with van der Waals surface area (Å²) in [5.74, 6) is 2.49. The van der Waals surface area contributed by atoms with Gasteiger partial charge < -0.3 is 15.1 Å². The third-order valence-electron chi connectivity index (χ3n) is 4.90. The van der Waals surface area contributed by atoms with Crippen molar-refractivity contribution in [2.24, 2.45) is 0 Å². The lowest BCUT2D eigenvalue weighted by molar-refractivity contribution is -0.134. The first-order valence-corrected chi connectivity index (χ1v) is 9.17. The molecule has 2 aliphatic rings. The molecule has 0 spiro atoms. The summed E-state index contributed by atoms with van der Waals surface area (Å²) in [6, 6.07) is 2.07. The van der Waals surface area contributed by atoms with Crippen molar-refractivity contribution in [1.82, 2.24) is 20.2 Å². The molecule has 1 unspecified atom stereocenters. The zero-order chi connectivity index (χ0) is 17.1. The first-order chi connectivity index (χ1) is 11.5. The lowest BCUT2D eigenvalue weighted by atomic mass is 10.0. The Morgan fingerprint density at radius 2 is 1.96 bits per heavy atom. The molecule has 3 heterocycles. The molecule has 2 fully saturated rings. The molecule has 1 amide bonds. The van der Waals surface area contributed by atoms with E-state index in [1.54, 1.807) is 0 Å². The normalized spacial score (nSPS) is 22.1. The number of aryl methyl sites for hydroxylation is 1. The Balaban J connectivity index is 1.61. The van der Waals surface area contributed by atoms with Crippen LogP contribution in [0.2, 0.25) is 0 Å². The predicted octanol–water partition coefficient (Wildman–Crippen LogP) is 1.70. The van der Waals surface area contributed by atoms with Crippen LogP contribution in [0.3, 0.4) is 0 Å². The largest absolute Gasteiger partial charge is 0.353 e. The molecular weight excluding hydrogens is 302 g/mol. The first kappa shape index (κ1) is 17.1. The Kier molecular flexibility index (Phi) is 5.33. The van der Waals surface area contributed by atoms with Gasteiger partial charge in [-0.05, 0) is 26.3 Å². The fraction of sp³-hybridized carbons (Fsp3) is 0.722. The minimum absolute atomic E-state index is 0.0270. The fourth-order valence-electron chi connectivity index (χ4n) is 3.43. The van der Waals surface area contributed by atoms with Gasteiger partial charge in [-0.15, -0.1) is 0 Å². The van der Waals surface area contributed by atoms with Gasteiger partial charge in [0.05, 0.1) is 6.04 Å². The van der Waals surface area contributed by atoms with Crippen LogP contribution >= 0.6 is 0 Å². The zero-order valence-corrected chi connectivity index (χ0v) is 15.1. The van der Waals surface area contributed by atoms with E-state index in [1.165, 1.54) is 6.42 Å². The number of nitrogens with one attached hydrogen (secondary N) is 1. The highest BCUT2D eigenvalue weighted by Crippen LogP contribution is 2.19. The summed E-state index contributed by atoms with van der Waals surface area (Å²) in [4.78, 5) is 26.1. The smallest absolute Gasteiger partial charge is 0.239 e. The molecular formula is C18H29N5O. The molecule has 1 aromatic heterocycles. The maximum atomic E-state index is 12.6. The van der Waals surface area contributed by atoms with Gasteiger partial charge in [0.2, 0.25) is 5.91 Å². The molecule has 0 radical (unpaired) electrons. The maximum Gasteiger partial charge on any atom is 0.239 e. The van der Waals surface area contributed by atoms with Crippen molar-refractivity contribution in [2.75, 3.05) is 37.6 Å². The van der Waals surface area contributed by atoms with Crippen LogP contribution in [0.5, 0.6) is 0 Å². The maximum absolute atomic E-state index is 12.6. The van der Waals surface area contributed by atoms with Gasteiger partial charge in [0.25, 0.3) is 0 Å². The summed E-state index contributed by atoms with van der Waals surface area (Å²) in [6.07, 6.45) is 3.31. The molecule has 2 saturated heterocycles. The lowest BCUT2D eigenvalue weighted by Crippen LogP contribution is -2.55. The van der Waals surface area contributed by atoms with Gasteiger partial charge >= 0.3 is 0 Å². The SMILES string of the molecule is Cc1cc(N2CCN(C(=O)C3CCCCN3)CC2)nc(C(C)C)n1. The van der Waals surface area contributed by atoms with Crippen LogP contribution in [-0.4, -0.2) is 59.5 Å². The minimum Gasteiger partial charge on any atom is -0.353 e. The number of piperidine rings is 1. The Labute approximate surface area is 144 Å². The quantitative estimate of drug-likeness (QED) is 0.913. The Bertz CT molecular complexity index is 575. The molecule has 0 saturated carbocycles. The number of anilines is 1. The van der Waals surface area contributed by atoms with Crippen LogP contribution < -0.4 is 10.2 Å². The van der Waals surface area contributed by atoms with Crippen molar-refractivity contribution in [3.05, 3.63) is 17.6 Å². The van der Waals surface area contributed by atoms with Crippen LogP contribution in [0.15, 0.2) is 6.07 Å². The number of carbonyl (C=O) groups excluding carboxylic acids is 1. The highest BCUT2D eigenvalue weighted by atomic mass is 16.2. The van der Waals surface area contributed by atoms with E-state index in [4.69, 9.17) is 4.98 Å². The monoisotopic (exact) mass is 331 g/mol. The topological polar surface area (TPSA) is 61.4 Å². The average Bonchev–Trinajstić information content (AvgIpc) is 2.61. The number of aromatic nitrogens is 2. The molecule has 24 heavy (non-hydrogen) atoms. The number of hydrogen-bond acceptors (Lipinski definition) is 5. The molecule has 2 aliphatic heterocycles. The molecule has 6 nitrogen and oxygen atoms in total. The van der Waals surface area contributed by atoms with Gasteiger partial charge in [-0.25, -0.2) is 9.97 Å². The predicted molar refractivity (Wildman–Crippen MR) is 95.3 cm³/mol. The van der Waals surface area contributed by atoms with Crippen LogP contribution in [0.25, 0.3) is 0 Å². The van der Waals surface area contributed by atoms with Crippen molar-refractivity contribution >= 4 is 11.7 Å². The molecule has 132 valence electrons. The van der Waals surface area contributed by atoms with E-state index < -0.39 is 0 Å². The summed E-state index contributed by atoms with van der Waals surface area (Å²) in [5.41, 5.74) is 1.01. The van der Waals surface area contributed by atoms with E-state index in [0.717, 1.165) is 62.9 Å². The Morgan fingerprint density at radius 1 is 1.21 bits per heavy atom. The Morgan fingerprint density at radius 3 is 2.58 bits per heavy atom. The second-order valence-electron chi connectivity index (χ2n) is 7.20. The van der Waals surface area contributed by atoms with Gasteiger partial charge in [0, 0.05) is 43.9 Å². The fourth-order valence-corrected chi connectivity index (χ4v) is 3.43. The summed E-state index contributed by atoms with van der Waals surface area (Å²) in [6.45, 7) is 10.5. The lowest BCUT2D eigenvalue weighted by Gasteiger charge is -2.38. The van der Waals surface area contributed by atoms with Crippen molar-refractivity contribution in [1.29, 1.82) is 0 Å². The molecule has 3 rings (SSSR count). The van der Waals surface area contributed by atoms with E-state index in [9.17, 15) is 4.79 Å². The van der Waals surface area contributed by atoms with Gasteiger partial charge in [-0.3, -0.25) is 4.79 Å². The highest BCUT2D eigenvalue weighted by molar-refractivity contribution is 5.82. The van der Waals surface area contributed by atoms with Crippen LogP contribution in [0.1, 0.15) is 50.5 Å². The molecule has 6 heteroatoms. The average molecular weight is 331 g/mol. The highest BCUT2D eigenvalue weighted by Gasteiger charge is 2.28. The number of amides is 1. The number of hydrogen-bond donors (Lipinski definition) is 1. The van der Waals surface area contributed by atoms with Gasteiger partial charge in [-0.2, -0.15) is 0 Å². The van der Waals surface area contributed by atoms with E-state index in [0.29, 0.717) is 5.92 Å². The molecule has 1 aromatic rings. The van der Waals surface area contributed by atoms with Gasteiger partial charge in [0.15, 0.2) is 0 Å². The van der Waals surface area contributed by atoms with E-state index in [-0.39, 0.29) is 11.9 Å². The summed E-state index contributed by atoms with van der Waals surface area (Å²) < 4.78 is 0. The zero-order valence-electron chi connectivity index (χ0n) is 15.1. The van der Waals surface area contributed by atoms with Gasteiger partial charge in [0.1, 0.15) is 11.6 Å². The minimum atomic E-state index is 0.0270. The molecule has 0 aliphatic carbocycles. The summed E-state index contributed by atoms with van der Waals surface area (Å²) >= 11 is 0. The van der Waals surface area contributed by atoms with E-state index in [1.807, 2.05) is 17.9 Å². The molecule has 1 N–H and O–H groups in total. The van der Waals surface area contributed by atoms with Crippen molar-refractivity contribution in [3.63, 3.8) is 0 Å². The van der Waals surface area contributed by atoms with Crippen molar-refractivity contribution < 1.29 is 4.79 Å². The van der Waals surface area contributed by atoms with E-state index >= 15 is 0 Å². The number of rotatable bonds is 3. The van der Waals surface area contributed by atoms with Crippen molar-refractivity contribution in [2.45, 2.75) is 52.0 Å². The summed E-state index contributed by atoms with van der Waals surface area (Å²) in [5, 5.41) is 3.36. The van der Waals surface area contributed by atoms with Crippen LogP contribution in [0.4, 0.5) is 5.82 Å². The second-order valence-corrected chi connectivity index (χ2v) is 7.20. The third kappa shape index (κ3) is 3.86. The number of nitrogens with zero attached hydrogens (tertiary/aromatic N) is 4. The number of piperazine rings is 1. The van der Waals surface area contributed by atoms with Crippen molar-refractivity contribution in [3.8, 4) is 0 Å².